The number of benzene rings is 2. The van der Waals surface area contributed by atoms with Crippen molar-refractivity contribution in [1.82, 2.24) is 4.98 Å². The Morgan fingerprint density at radius 3 is 2.54 bits per heavy atom. The van der Waals surface area contributed by atoms with Gasteiger partial charge in [-0.2, -0.15) is 0 Å². The predicted molar refractivity (Wildman–Crippen MR) is 99.2 cm³/mol. The van der Waals surface area contributed by atoms with E-state index in [4.69, 9.17) is 9.15 Å². The Morgan fingerprint density at radius 1 is 1.04 bits per heavy atom. The zero-order valence-corrected chi connectivity index (χ0v) is 14.8. The number of esters is 1. The zero-order valence-electron chi connectivity index (χ0n) is 14.8. The predicted octanol–water partition coefficient (Wildman–Crippen LogP) is 3.35. The molecule has 0 saturated carbocycles. The molecule has 2 amide bonds. The van der Waals surface area contributed by atoms with E-state index in [9.17, 15) is 14.4 Å². The monoisotopic (exact) mass is 376 g/mol. The fourth-order valence-corrected chi connectivity index (χ4v) is 2.96. The van der Waals surface area contributed by atoms with Crippen LogP contribution in [0.25, 0.3) is 11.3 Å². The molecule has 1 aliphatic heterocycles. The largest absolute Gasteiger partial charge is 0.452 e. The van der Waals surface area contributed by atoms with Gasteiger partial charge in [0.15, 0.2) is 12.4 Å². The second-order valence-electron chi connectivity index (χ2n) is 6.23. The normalized spacial score (nSPS) is 13.8. The summed E-state index contributed by atoms with van der Waals surface area (Å²) >= 11 is 0. The Morgan fingerprint density at radius 2 is 1.79 bits per heavy atom. The molecule has 1 saturated heterocycles. The van der Waals surface area contributed by atoms with E-state index in [-0.39, 0.29) is 42.7 Å². The summed E-state index contributed by atoms with van der Waals surface area (Å²) in [6, 6.07) is 15.7. The summed E-state index contributed by atoms with van der Waals surface area (Å²) in [7, 11) is 0. The molecule has 1 aromatic heterocycles. The first-order valence-electron chi connectivity index (χ1n) is 8.75. The van der Waals surface area contributed by atoms with Crippen LogP contribution in [-0.2, 0) is 20.9 Å². The molecule has 0 bridgehead atoms. The molecule has 4 rings (SSSR count). The molecule has 0 aliphatic carbocycles. The number of amides is 2. The van der Waals surface area contributed by atoms with E-state index in [1.807, 2.05) is 30.3 Å². The maximum atomic E-state index is 12.3. The lowest BCUT2D eigenvalue weighted by molar-refractivity contribution is -0.121. The number of carbonyl (C=O) groups excluding carboxylic acids is 3. The molecule has 7 nitrogen and oxygen atoms in total. The minimum absolute atomic E-state index is 0.128. The first-order valence-corrected chi connectivity index (χ1v) is 8.75. The maximum absolute atomic E-state index is 12.3. The third kappa shape index (κ3) is 3.55. The molecule has 140 valence electrons. The molecular formula is C21H16N2O5. The molecule has 2 heterocycles. The standard InChI is InChI=1S/C21H16N2O5/c24-19-9-10-20(25)23(19)16-8-4-7-15(11-16)21(26)27-13-18-22-12-17(28-18)14-5-2-1-3-6-14/h1-8,11-12H,9-10,13H2. The van der Waals surface area contributed by atoms with Crippen molar-refractivity contribution in [2.75, 3.05) is 4.90 Å². The highest BCUT2D eigenvalue weighted by Gasteiger charge is 2.30. The van der Waals surface area contributed by atoms with Crippen LogP contribution in [0.2, 0.25) is 0 Å². The molecule has 1 aliphatic rings. The van der Waals surface area contributed by atoms with Gasteiger partial charge < -0.3 is 9.15 Å². The topological polar surface area (TPSA) is 89.7 Å². The van der Waals surface area contributed by atoms with Gasteiger partial charge in [-0.3, -0.25) is 14.5 Å². The number of anilines is 1. The molecule has 3 aromatic rings. The molecule has 2 aromatic carbocycles. The average Bonchev–Trinajstić information content (AvgIpc) is 3.33. The van der Waals surface area contributed by atoms with Gasteiger partial charge in [0.1, 0.15) is 0 Å². The maximum Gasteiger partial charge on any atom is 0.338 e. The summed E-state index contributed by atoms with van der Waals surface area (Å²) in [6.07, 6.45) is 1.94. The molecule has 7 heteroatoms. The van der Waals surface area contributed by atoms with Crippen molar-refractivity contribution in [2.45, 2.75) is 19.4 Å². The van der Waals surface area contributed by atoms with E-state index in [1.54, 1.807) is 24.4 Å². The number of ether oxygens (including phenoxy) is 1. The van der Waals surface area contributed by atoms with Crippen LogP contribution in [0.3, 0.4) is 0 Å². The van der Waals surface area contributed by atoms with Crippen molar-refractivity contribution in [3.8, 4) is 11.3 Å². The molecule has 0 N–H and O–H groups in total. The van der Waals surface area contributed by atoms with Crippen LogP contribution in [0, 0.1) is 0 Å². The van der Waals surface area contributed by atoms with Crippen molar-refractivity contribution < 1.29 is 23.5 Å². The number of rotatable bonds is 5. The molecule has 0 spiro atoms. The summed E-state index contributed by atoms with van der Waals surface area (Å²) in [5.74, 6) is -0.291. The number of imide groups is 1. The summed E-state index contributed by atoms with van der Waals surface area (Å²) in [6.45, 7) is -0.128. The molecule has 1 fully saturated rings. The number of hydrogen-bond donors (Lipinski definition) is 0. The van der Waals surface area contributed by atoms with Gasteiger partial charge in [-0.25, -0.2) is 9.78 Å². The Bertz CT molecular complexity index is 1030. The number of nitrogens with zero attached hydrogens (tertiary/aromatic N) is 2. The van der Waals surface area contributed by atoms with Gasteiger partial charge in [-0.1, -0.05) is 36.4 Å². The lowest BCUT2D eigenvalue weighted by Crippen LogP contribution is -2.28. The Hall–Kier alpha value is -3.74. The SMILES string of the molecule is O=C(OCc1ncc(-c2ccccc2)o1)c1cccc(N2C(=O)CCC2=O)c1. The zero-order chi connectivity index (χ0) is 19.5. The van der Waals surface area contributed by atoms with Crippen LogP contribution >= 0.6 is 0 Å². The van der Waals surface area contributed by atoms with Gasteiger partial charge >= 0.3 is 5.97 Å². The highest BCUT2D eigenvalue weighted by molar-refractivity contribution is 6.20. The second kappa shape index (κ2) is 7.48. The van der Waals surface area contributed by atoms with Crippen LogP contribution in [0.5, 0.6) is 0 Å². The molecule has 0 atom stereocenters. The summed E-state index contributed by atoms with van der Waals surface area (Å²) in [4.78, 5) is 41.3. The lowest BCUT2D eigenvalue weighted by Gasteiger charge is -2.14. The van der Waals surface area contributed by atoms with Crippen molar-refractivity contribution >= 4 is 23.5 Å². The molecule has 0 radical (unpaired) electrons. The lowest BCUT2D eigenvalue weighted by atomic mass is 10.2. The quantitative estimate of drug-likeness (QED) is 0.501. The van der Waals surface area contributed by atoms with E-state index >= 15 is 0 Å². The van der Waals surface area contributed by atoms with Crippen LogP contribution < -0.4 is 4.90 Å². The molecule has 28 heavy (non-hydrogen) atoms. The number of aromatic nitrogens is 1. The van der Waals surface area contributed by atoms with E-state index in [0.29, 0.717) is 11.4 Å². The second-order valence-corrected chi connectivity index (χ2v) is 6.23. The van der Waals surface area contributed by atoms with E-state index in [0.717, 1.165) is 10.5 Å². The average molecular weight is 376 g/mol. The van der Waals surface area contributed by atoms with Gasteiger partial charge in [0.25, 0.3) is 0 Å². The Labute approximate surface area is 160 Å². The van der Waals surface area contributed by atoms with Crippen molar-refractivity contribution in [3.63, 3.8) is 0 Å². The van der Waals surface area contributed by atoms with Gasteiger partial charge in [0.05, 0.1) is 17.4 Å². The van der Waals surface area contributed by atoms with Crippen LogP contribution in [0.1, 0.15) is 29.1 Å². The van der Waals surface area contributed by atoms with Crippen LogP contribution in [0.4, 0.5) is 5.69 Å². The van der Waals surface area contributed by atoms with E-state index in [1.165, 1.54) is 6.07 Å². The van der Waals surface area contributed by atoms with Crippen molar-refractivity contribution in [2.24, 2.45) is 0 Å². The summed E-state index contributed by atoms with van der Waals surface area (Å²) in [5, 5.41) is 0. The van der Waals surface area contributed by atoms with Crippen LogP contribution in [-0.4, -0.2) is 22.8 Å². The van der Waals surface area contributed by atoms with Gasteiger partial charge in [0, 0.05) is 18.4 Å². The third-order valence-electron chi connectivity index (χ3n) is 4.33. The highest BCUT2D eigenvalue weighted by atomic mass is 16.5. The fourth-order valence-electron chi connectivity index (χ4n) is 2.96. The van der Waals surface area contributed by atoms with Gasteiger partial charge in [-0.05, 0) is 18.2 Å². The van der Waals surface area contributed by atoms with Gasteiger partial charge in [0.2, 0.25) is 17.7 Å². The van der Waals surface area contributed by atoms with Gasteiger partial charge in [-0.15, -0.1) is 0 Å². The summed E-state index contributed by atoms with van der Waals surface area (Å²) in [5.41, 5.74) is 1.48. The van der Waals surface area contributed by atoms with E-state index in [2.05, 4.69) is 4.98 Å². The van der Waals surface area contributed by atoms with Crippen molar-refractivity contribution in [1.29, 1.82) is 0 Å². The number of hydrogen-bond acceptors (Lipinski definition) is 6. The number of carbonyl (C=O) groups is 3. The molecule has 0 unspecified atom stereocenters. The van der Waals surface area contributed by atoms with Crippen molar-refractivity contribution in [3.05, 3.63) is 72.2 Å². The number of oxazole rings is 1. The van der Waals surface area contributed by atoms with Crippen LogP contribution in [0.15, 0.2) is 65.2 Å². The Kier molecular flexibility index (Phi) is 4.72. The summed E-state index contributed by atoms with van der Waals surface area (Å²) < 4.78 is 10.9. The molecular weight excluding hydrogens is 360 g/mol. The Balaban J connectivity index is 1.43. The fraction of sp³-hybridized carbons (Fsp3) is 0.143. The third-order valence-corrected chi connectivity index (χ3v) is 4.33. The minimum atomic E-state index is -0.597. The highest BCUT2D eigenvalue weighted by Crippen LogP contribution is 2.24. The first-order chi connectivity index (χ1) is 13.6. The minimum Gasteiger partial charge on any atom is -0.452 e. The first kappa shape index (κ1) is 17.7. The van der Waals surface area contributed by atoms with E-state index < -0.39 is 5.97 Å². The smallest absolute Gasteiger partial charge is 0.338 e.